The molecular formula is C13H12ClN3OS. The number of amidine groups is 1. The molecule has 98 valence electrons. The standard InChI is InChI=1S/C13H12ClN3OS/c1-2-6-17-12(18)9-19-13(17)16-15-8-10-4-3-5-11(14)7-10/h2-5,7-8H,1,6,9H2. The largest absolute Gasteiger partial charge is 0.285 e. The van der Waals surface area contributed by atoms with E-state index in [1.807, 2.05) is 12.1 Å². The predicted molar refractivity (Wildman–Crippen MR) is 80.8 cm³/mol. The van der Waals surface area contributed by atoms with Crippen LogP contribution >= 0.6 is 23.4 Å². The zero-order valence-electron chi connectivity index (χ0n) is 10.1. The molecule has 19 heavy (non-hydrogen) atoms. The SMILES string of the molecule is C=CCN1C(=O)CSC1=NN=Cc1cccc(Cl)c1. The third kappa shape index (κ3) is 3.68. The van der Waals surface area contributed by atoms with E-state index in [1.165, 1.54) is 11.8 Å². The van der Waals surface area contributed by atoms with Gasteiger partial charge in [0.2, 0.25) is 5.91 Å². The molecule has 0 unspecified atom stereocenters. The number of benzene rings is 1. The van der Waals surface area contributed by atoms with Crippen molar-refractivity contribution in [3.8, 4) is 0 Å². The normalized spacial score (nSPS) is 17.6. The molecule has 0 aliphatic carbocycles. The highest BCUT2D eigenvalue weighted by Gasteiger charge is 2.26. The first-order valence-electron chi connectivity index (χ1n) is 5.61. The van der Waals surface area contributed by atoms with Crippen LogP contribution in [0.15, 0.2) is 47.1 Å². The first-order chi connectivity index (χ1) is 9.20. The second kappa shape index (κ2) is 6.54. The number of nitrogens with zero attached hydrogens (tertiary/aromatic N) is 3. The van der Waals surface area contributed by atoms with E-state index < -0.39 is 0 Å². The van der Waals surface area contributed by atoms with Crippen molar-refractivity contribution in [3.63, 3.8) is 0 Å². The molecule has 4 nitrogen and oxygen atoms in total. The lowest BCUT2D eigenvalue weighted by atomic mass is 10.2. The van der Waals surface area contributed by atoms with Crippen LogP contribution < -0.4 is 0 Å². The lowest BCUT2D eigenvalue weighted by Crippen LogP contribution is -2.29. The molecule has 0 saturated carbocycles. The summed E-state index contributed by atoms with van der Waals surface area (Å²) in [6.07, 6.45) is 3.27. The third-order valence-corrected chi connectivity index (χ3v) is 3.55. The van der Waals surface area contributed by atoms with Gasteiger partial charge in [0.05, 0.1) is 12.0 Å². The van der Waals surface area contributed by atoms with E-state index in [1.54, 1.807) is 29.3 Å². The van der Waals surface area contributed by atoms with Crippen LogP contribution in [0.4, 0.5) is 0 Å². The molecule has 0 atom stereocenters. The summed E-state index contributed by atoms with van der Waals surface area (Å²) in [4.78, 5) is 13.1. The number of rotatable bonds is 4. The van der Waals surface area contributed by atoms with Crippen molar-refractivity contribution in [1.82, 2.24) is 4.90 Å². The van der Waals surface area contributed by atoms with Gasteiger partial charge in [-0.3, -0.25) is 9.69 Å². The second-order valence-corrected chi connectivity index (χ2v) is 5.14. The van der Waals surface area contributed by atoms with Gasteiger partial charge in [-0.2, -0.15) is 5.10 Å². The predicted octanol–water partition coefficient (Wildman–Crippen LogP) is 2.79. The van der Waals surface area contributed by atoms with Crippen molar-refractivity contribution in [2.24, 2.45) is 10.2 Å². The topological polar surface area (TPSA) is 45.0 Å². The molecule has 1 aromatic carbocycles. The second-order valence-electron chi connectivity index (χ2n) is 3.76. The minimum Gasteiger partial charge on any atom is -0.285 e. The number of hydrogen-bond donors (Lipinski definition) is 0. The molecule has 2 rings (SSSR count). The van der Waals surface area contributed by atoms with Crippen molar-refractivity contribution >= 4 is 40.7 Å². The molecule has 0 spiro atoms. The maximum Gasteiger partial charge on any atom is 0.239 e. The highest BCUT2D eigenvalue weighted by atomic mass is 35.5. The Morgan fingerprint density at radius 3 is 3.11 bits per heavy atom. The molecule has 1 aliphatic heterocycles. The molecule has 1 aliphatic rings. The van der Waals surface area contributed by atoms with Crippen LogP contribution in [0.25, 0.3) is 0 Å². The molecule has 1 heterocycles. The van der Waals surface area contributed by atoms with Gasteiger partial charge in [-0.05, 0) is 17.7 Å². The zero-order valence-corrected chi connectivity index (χ0v) is 11.7. The summed E-state index contributed by atoms with van der Waals surface area (Å²) >= 11 is 7.24. The van der Waals surface area contributed by atoms with Crippen molar-refractivity contribution in [3.05, 3.63) is 47.5 Å². The summed E-state index contributed by atoms with van der Waals surface area (Å²) in [5.74, 6) is 0.431. The van der Waals surface area contributed by atoms with Gasteiger partial charge in [0.25, 0.3) is 0 Å². The summed E-state index contributed by atoms with van der Waals surface area (Å²) in [7, 11) is 0. The van der Waals surface area contributed by atoms with E-state index in [-0.39, 0.29) is 5.91 Å². The lowest BCUT2D eigenvalue weighted by molar-refractivity contribution is -0.123. The summed E-state index contributed by atoms with van der Waals surface area (Å²) in [6.45, 7) is 4.08. The summed E-state index contributed by atoms with van der Waals surface area (Å²) < 4.78 is 0. The average Bonchev–Trinajstić information content (AvgIpc) is 2.72. The smallest absolute Gasteiger partial charge is 0.239 e. The highest BCUT2D eigenvalue weighted by molar-refractivity contribution is 8.15. The molecule has 1 aromatic rings. The summed E-state index contributed by atoms with van der Waals surface area (Å²) in [5.41, 5.74) is 0.862. The number of hydrogen-bond acceptors (Lipinski definition) is 4. The maximum atomic E-state index is 11.6. The van der Waals surface area contributed by atoms with E-state index in [2.05, 4.69) is 16.8 Å². The highest BCUT2D eigenvalue weighted by Crippen LogP contribution is 2.19. The molecule has 0 N–H and O–H groups in total. The van der Waals surface area contributed by atoms with Crippen LogP contribution in [0.5, 0.6) is 0 Å². The van der Waals surface area contributed by atoms with Crippen molar-refractivity contribution in [2.75, 3.05) is 12.3 Å². The summed E-state index contributed by atoms with van der Waals surface area (Å²) in [5, 5.41) is 9.30. The van der Waals surface area contributed by atoms with Crippen LogP contribution in [0.1, 0.15) is 5.56 Å². The van der Waals surface area contributed by atoms with Crippen molar-refractivity contribution in [1.29, 1.82) is 0 Å². The minimum atomic E-state index is 0.0293. The fourth-order valence-electron chi connectivity index (χ4n) is 1.51. The lowest BCUT2D eigenvalue weighted by Gasteiger charge is -2.11. The van der Waals surface area contributed by atoms with Gasteiger partial charge in [-0.1, -0.05) is 41.6 Å². The Balaban J connectivity index is 2.09. The van der Waals surface area contributed by atoms with Gasteiger partial charge in [-0.25, -0.2) is 0 Å². The Morgan fingerprint density at radius 1 is 1.53 bits per heavy atom. The van der Waals surface area contributed by atoms with Gasteiger partial charge in [-0.15, -0.1) is 11.7 Å². The molecule has 0 bridgehead atoms. The van der Waals surface area contributed by atoms with Crippen molar-refractivity contribution in [2.45, 2.75) is 0 Å². The van der Waals surface area contributed by atoms with Crippen LogP contribution in [0.3, 0.4) is 0 Å². The van der Waals surface area contributed by atoms with Gasteiger partial charge in [0.1, 0.15) is 0 Å². The third-order valence-electron chi connectivity index (χ3n) is 2.37. The van der Waals surface area contributed by atoms with E-state index >= 15 is 0 Å². The zero-order chi connectivity index (χ0) is 13.7. The van der Waals surface area contributed by atoms with E-state index in [9.17, 15) is 4.79 Å². The maximum absolute atomic E-state index is 11.6. The van der Waals surface area contributed by atoms with Gasteiger partial charge in [0.15, 0.2) is 5.17 Å². The molecule has 0 radical (unpaired) electrons. The van der Waals surface area contributed by atoms with Crippen LogP contribution in [-0.4, -0.2) is 34.5 Å². The van der Waals surface area contributed by atoms with Gasteiger partial charge >= 0.3 is 0 Å². The molecular weight excluding hydrogens is 282 g/mol. The molecule has 6 heteroatoms. The molecule has 0 aromatic heterocycles. The van der Waals surface area contributed by atoms with Crippen LogP contribution in [-0.2, 0) is 4.79 Å². The Hall–Kier alpha value is -1.59. The first-order valence-corrected chi connectivity index (χ1v) is 6.97. The Bertz CT molecular complexity index is 557. The van der Waals surface area contributed by atoms with Gasteiger partial charge < -0.3 is 0 Å². The first kappa shape index (κ1) is 13.8. The quantitative estimate of drug-likeness (QED) is 0.487. The summed E-state index contributed by atoms with van der Waals surface area (Å²) in [6, 6.07) is 7.31. The van der Waals surface area contributed by atoms with Crippen LogP contribution in [0.2, 0.25) is 5.02 Å². The van der Waals surface area contributed by atoms with E-state index in [0.717, 1.165) is 5.56 Å². The average molecular weight is 294 g/mol. The Kier molecular flexibility index (Phi) is 4.76. The molecule has 1 amide bonds. The number of amides is 1. The Labute approximate surface area is 120 Å². The van der Waals surface area contributed by atoms with E-state index in [0.29, 0.717) is 22.5 Å². The Morgan fingerprint density at radius 2 is 2.37 bits per heavy atom. The minimum absolute atomic E-state index is 0.0293. The molecule has 1 fully saturated rings. The number of halogens is 1. The number of carbonyl (C=O) groups excluding carboxylic acids is 1. The monoisotopic (exact) mass is 293 g/mol. The number of carbonyl (C=O) groups is 1. The van der Waals surface area contributed by atoms with Gasteiger partial charge in [0, 0.05) is 11.6 Å². The van der Waals surface area contributed by atoms with Crippen molar-refractivity contribution < 1.29 is 4.79 Å². The van der Waals surface area contributed by atoms with Crippen LogP contribution in [0, 0.1) is 0 Å². The fourth-order valence-corrected chi connectivity index (χ4v) is 2.56. The van der Waals surface area contributed by atoms with E-state index in [4.69, 9.17) is 11.6 Å². The fraction of sp³-hybridized carbons (Fsp3) is 0.154. The molecule has 1 saturated heterocycles. The number of thioether (sulfide) groups is 1.